The fourth-order valence-electron chi connectivity index (χ4n) is 1.90. The first-order valence-electron chi connectivity index (χ1n) is 6.32. The molecule has 0 heterocycles. The zero-order chi connectivity index (χ0) is 13.6. The second-order valence-electron chi connectivity index (χ2n) is 4.57. The Hall–Kier alpha value is -1.55. The van der Waals surface area contributed by atoms with Crippen molar-refractivity contribution in [2.45, 2.75) is 38.6 Å². The van der Waals surface area contributed by atoms with Gasteiger partial charge in [0.05, 0.1) is 18.6 Å². The largest absolute Gasteiger partial charge is 0.398 e. The van der Waals surface area contributed by atoms with Crippen molar-refractivity contribution < 1.29 is 9.90 Å². The minimum atomic E-state index is -0.513. The third-order valence-electron chi connectivity index (χ3n) is 3.47. The normalized spacial score (nSPS) is 11.3. The Morgan fingerprint density at radius 1 is 1.33 bits per heavy atom. The van der Waals surface area contributed by atoms with E-state index < -0.39 is 5.54 Å². The zero-order valence-electron chi connectivity index (χ0n) is 11.1. The van der Waals surface area contributed by atoms with Gasteiger partial charge in [-0.3, -0.25) is 4.79 Å². The second-order valence-corrected chi connectivity index (χ2v) is 4.57. The number of carbonyl (C=O) groups is 1. The van der Waals surface area contributed by atoms with Crippen LogP contribution in [0.25, 0.3) is 0 Å². The Labute approximate surface area is 108 Å². The monoisotopic (exact) mass is 250 g/mol. The number of rotatable bonds is 6. The highest BCUT2D eigenvalue weighted by Gasteiger charge is 2.27. The van der Waals surface area contributed by atoms with E-state index in [1.54, 1.807) is 6.07 Å². The van der Waals surface area contributed by atoms with Gasteiger partial charge in [0.1, 0.15) is 0 Å². The van der Waals surface area contributed by atoms with Gasteiger partial charge in [0.2, 0.25) is 5.91 Å². The van der Waals surface area contributed by atoms with Gasteiger partial charge < -0.3 is 16.2 Å². The summed E-state index contributed by atoms with van der Waals surface area (Å²) in [7, 11) is 0. The molecule has 0 aromatic heterocycles. The summed E-state index contributed by atoms with van der Waals surface area (Å²) in [5.74, 6) is -0.106. The van der Waals surface area contributed by atoms with E-state index in [0.717, 1.165) is 5.56 Å². The number of hydrogen-bond donors (Lipinski definition) is 3. The van der Waals surface area contributed by atoms with E-state index in [2.05, 4.69) is 5.32 Å². The van der Waals surface area contributed by atoms with E-state index in [-0.39, 0.29) is 18.9 Å². The molecule has 4 N–H and O–H groups in total. The maximum absolute atomic E-state index is 12.0. The maximum atomic E-state index is 12.0. The molecule has 0 radical (unpaired) electrons. The molecule has 0 aliphatic heterocycles. The van der Waals surface area contributed by atoms with Crippen molar-refractivity contribution >= 4 is 11.6 Å². The lowest BCUT2D eigenvalue weighted by molar-refractivity contribution is -0.123. The van der Waals surface area contributed by atoms with Crippen LogP contribution in [-0.2, 0) is 11.2 Å². The summed E-state index contributed by atoms with van der Waals surface area (Å²) in [5, 5.41) is 12.3. The van der Waals surface area contributed by atoms with Gasteiger partial charge in [0.15, 0.2) is 0 Å². The summed E-state index contributed by atoms with van der Waals surface area (Å²) in [6, 6.07) is 7.32. The molecular weight excluding hydrogens is 228 g/mol. The molecule has 0 bridgehead atoms. The van der Waals surface area contributed by atoms with Crippen LogP contribution in [0.5, 0.6) is 0 Å². The van der Waals surface area contributed by atoms with E-state index in [9.17, 15) is 9.90 Å². The Bertz CT molecular complexity index is 392. The fourth-order valence-corrected chi connectivity index (χ4v) is 1.90. The molecule has 4 nitrogen and oxygen atoms in total. The predicted molar refractivity (Wildman–Crippen MR) is 73.1 cm³/mol. The lowest BCUT2D eigenvalue weighted by Gasteiger charge is -2.30. The number of benzene rings is 1. The lowest BCUT2D eigenvalue weighted by atomic mass is 9.93. The third-order valence-corrected chi connectivity index (χ3v) is 3.47. The van der Waals surface area contributed by atoms with Gasteiger partial charge >= 0.3 is 0 Å². The van der Waals surface area contributed by atoms with Gasteiger partial charge in [-0.25, -0.2) is 0 Å². The number of para-hydroxylation sites is 1. The Morgan fingerprint density at radius 3 is 2.44 bits per heavy atom. The summed E-state index contributed by atoms with van der Waals surface area (Å²) in [6.45, 7) is 3.86. The highest BCUT2D eigenvalue weighted by molar-refractivity contribution is 5.80. The van der Waals surface area contributed by atoms with Crippen molar-refractivity contribution in [1.82, 2.24) is 5.32 Å². The molecule has 0 fully saturated rings. The number of nitrogens with two attached hydrogens (primary N) is 1. The Kier molecular flexibility index (Phi) is 5.16. The van der Waals surface area contributed by atoms with Crippen LogP contribution in [-0.4, -0.2) is 23.2 Å². The van der Waals surface area contributed by atoms with Crippen molar-refractivity contribution in [2.75, 3.05) is 12.3 Å². The highest BCUT2D eigenvalue weighted by atomic mass is 16.3. The summed E-state index contributed by atoms with van der Waals surface area (Å²) in [6.07, 6.45) is 1.65. The molecule has 0 atom stereocenters. The molecule has 0 aliphatic rings. The SMILES string of the molecule is CCC(CC)(CO)NC(=O)Cc1ccccc1N. The van der Waals surface area contributed by atoms with Crippen LogP contribution >= 0.6 is 0 Å². The highest BCUT2D eigenvalue weighted by Crippen LogP contribution is 2.16. The van der Waals surface area contributed by atoms with Crippen molar-refractivity contribution in [3.63, 3.8) is 0 Å². The van der Waals surface area contributed by atoms with E-state index >= 15 is 0 Å². The first-order valence-corrected chi connectivity index (χ1v) is 6.32. The molecule has 100 valence electrons. The molecule has 0 spiro atoms. The van der Waals surface area contributed by atoms with E-state index in [1.165, 1.54) is 0 Å². The van der Waals surface area contributed by atoms with Crippen molar-refractivity contribution in [3.05, 3.63) is 29.8 Å². The van der Waals surface area contributed by atoms with Crippen LogP contribution in [0, 0.1) is 0 Å². The average Bonchev–Trinajstić information content (AvgIpc) is 2.39. The topological polar surface area (TPSA) is 75.3 Å². The third kappa shape index (κ3) is 3.47. The minimum absolute atomic E-state index is 0.0456. The molecule has 1 aromatic carbocycles. The van der Waals surface area contributed by atoms with Gasteiger partial charge in [-0.05, 0) is 24.5 Å². The smallest absolute Gasteiger partial charge is 0.225 e. The van der Waals surface area contributed by atoms with Crippen LogP contribution in [0.4, 0.5) is 5.69 Å². The summed E-state index contributed by atoms with van der Waals surface area (Å²) >= 11 is 0. The standard InChI is InChI=1S/C14H22N2O2/c1-3-14(4-2,10-17)16-13(18)9-11-7-5-6-8-12(11)15/h5-8,17H,3-4,9-10,15H2,1-2H3,(H,16,18). The number of anilines is 1. The molecule has 4 heteroatoms. The Balaban J connectivity index is 2.70. The first kappa shape index (κ1) is 14.5. The molecule has 0 saturated heterocycles. The summed E-state index contributed by atoms with van der Waals surface area (Å²) < 4.78 is 0. The lowest BCUT2D eigenvalue weighted by Crippen LogP contribution is -2.51. The van der Waals surface area contributed by atoms with Crippen molar-refractivity contribution in [2.24, 2.45) is 0 Å². The molecular formula is C14H22N2O2. The second kappa shape index (κ2) is 6.40. The number of carbonyl (C=O) groups excluding carboxylic acids is 1. The van der Waals surface area contributed by atoms with Gasteiger partial charge in [0, 0.05) is 5.69 Å². The van der Waals surface area contributed by atoms with Gasteiger partial charge in [0.25, 0.3) is 0 Å². The van der Waals surface area contributed by atoms with Crippen LogP contribution in [0.2, 0.25) is 0 Å². The number of nitrogen functional groups attached to an aromatic ring is 1. The molecule has 1 aromatic rings. The van der Waals surface area contributed by atoms with Crippen LogP contribution < -0.4 is 11.1 Å². The van der Waals surface area contributed by atoms with Crippen LogP contribution in [0.1, 0.15) is 32.3 Å². The number of hydrogen-bond acceptors (Lipinski definition) is 3. The van der Waals surface area contributed by atoms with Crippen molar-refractivity contribution in [1.29, 1.82) is 0 Å². The minimum Gasteiger partial charge on any atom is -0.398 e. The number of aliphatic hydroxyl groups is 1. The number of nitrogens with one attached hydrogen (secondary N) is 1. The zero-order valence-corrected chi connectivity index (χ0v) is 11.1. The summed E-state index contributed by atoms with van der Waals surface area (Å²) in [5.41, 5.74) is 6.72. The first-order chi connectivity index (χ1) is 8.56. The number of amides is 1. The maximum Gasteiger partial charge on any atom is 0.225 e. The van der Waals surface area contributed by atoms with Crippen LogP contribution in [0.3, 0.4) is 0 Å². The predicted octanol–water partition coefficient (Wildman–Crippen LogP) is 1.48. The average molecular weight is 250 g/mol. The number of aliphatic hydroxyl groups excluding tert-OH is 1. The van der Waals surface area contributed by atoms with Gasteiger partial charge in [-0.1, -0.05) is 32.0 Å². The van der Waals surface area contributed by atoms with Crippen molar-refractivity contribution in [3.8, 4) is 0 Å². The summed E-state index contributed by atoms with van der Waals surface area (Å²) in [4.78, 5) is 12.0. The quantitative estimate of drug-likeness (QED) is 0.669. The van der Waals surface area contributed by atoms with E-state index in [0.29, 0.717) is 18.5 Å². The fraction of sp³-hybridized carbons (Fsp3) is 0.500. The molecule has 0 unspecified atom stereocenters. The van der Waals surface area contributed by atoms with Gasteiger partial charge in [-0.2, -0.15) is 0 Å². The molecule has 1 amide bonds. The van der Waals surface area contributed by atoms with E-state index in [4.69, 9.17) is 5.73 Å². The van der Waals surface area contributed by atoms with E-state index in [1.807, 2.05) is 32.0 Å². The molecule has 0 saturated carbocycles. The molecule has 1 rings (SSSR count). The Morgan fingerprint density at radius 2 is 1.94 bits per heavy atom. The molecule has 0 aliphatic carbocycles. The van der Waals surface area contributed by atoms with Gasteiger partial charge in [-0.15, -0.1) is 0 Å². The van der Waals surface area contributed by atoms with Crippen LogP contribution in [0.15, 0.2) is 24.3 Å². The molecule has 18 heavy (non-hydrogen) atoms.